The molecular weight excluding hydrogens is 889 g/mol. The van der Waals surface area contributed by atoms with Crippen molar-refractivity contribution in [2.45, 2.75) is 19.3 Å². The van der Waals surface area contributed by atoms with E-state index in [9.17, 15) is 0 Å². The summed E-state index contributed by atoms with van der Waals surface area (Å²) in [6, 6.07) is 71.3. The molecular formula is C64H38N4S2. The maximum absolute atomic E-state index is 5.56. The first-order valence-corrected chi connectivity index (χ1v) is 25.6. The van der Waals surface area contributed by atoms with Gasteiger partial charge in [0.1, 0.15) is 0 Å². The van der Waals surface area contributed by atoms with Crippen LogP contribution in [0.25, 0.3) is 146 Å². The van der Waals surface area contributed by atoms with E-state index in [4.69, 9.17) is 15.0 Å². The van der Waals surface area contributed by atoms with E-state index in [1.165, 1.54) is 112 Å². The molecule has 0 fully saturated rings. The van der Waals surface area contributed by atoms with Gasteiger partial charge < -0.3 is 4.40 Å². The zero-order valence-corrected chi connectivity index (χ0v) is 39.7. The molecule has 0 N–H and O–H groups in total. The highest BCUT2D eigenvalue weighted by Crippen LogP contribution is 2.53. The maximum Gasteiger partial charge on any atom is 0.165 e. The molecule has 5 aromatic heterocycles. The quantitative estimate of drug-likeness (QED) is 0.177. The van der Waals surface area contributed by atoms with Crippen molar-refractivity contribution in [3.63, 3.8) is 0 Å². The highest BCUT2D eigenvalue weighted by Gasteiger charge is 2.38. The second-order valence-electron chi connectivity index (χ2n) is 19.4. The maximum atomic E-state index is 5.56. The molecule has 0 saturated carbocycles. The first-order valence-electron chi connectivity index (χ1n) is 23.9. The van der Waals surface area contributed by atoms with Crippen LogP contribution in [-0.4, -0.2) is 19.4 Å². The van der Waals surface area contributed by atoms with E-state index in [0.717, 1.165) is 27.5 Å². The Morgan fingerprint density at radius 2 is 0.900 bits per heavy atom. The Labute approximate surface area is 409 Å². The van der Waals surface area contributed by atoms with Crippen molar-refractivity contribution < 1.29 is 0 Å². The lowest BCUT2D eigenvalue weighted by atomic mass is 9.80. The number of benzene rings is 10. The number of fused-ring (bicyclic) bond motifs is 13. The summed E-state index contributed by atoms with van der Waals surface area (Å²) < 4.78 is 7.57. The molecule has 15 aromatic rings. The van der Waals surface area contributed by atoms with Crippen LogP contribution in [-0.2, 0) is 5.41 Å². The van der Waals surface area contributed by atoms with Crippen LogP contribution in [0.3, 0.4) is 0 Å². The third kappa shape index (κ3) is 5.06. The Balaban J connectivity index is 0.983. The number of aromatic nitrogens is 4. The lowest BCUT2D eigenvalue weighted by Crippen LogP contribution is -2.17. The van der Waals surface area contributed by atoms with Crippen LogP contribution in [0.4, 0.5) is 0 Å². The third-order valence-electron chi connectivity index (χ3n) is 15.4. The van der Waals surface area contributed by atoms with Crippen LogP contribution in [0.2, 0.25) is 0 Å². The van der Waals surface area contributed by atoms with Gasteiger partial charge in [-0.25, -0.2) is 15.0 Å². The minimum absolute atomic E-state index is 0.261. The summed E-state index contributed by atoms with van der Waals surface area (Å²) in [6.45, 7) is 4.67. The monoisotopic (exact) mass is 926 g/mol. The van der Waals surface area contributed by atoms with Gasteiger partial charge in [0.15, 0.2) is 17.5 Å². The van der Waals surface area contributed by atoms with Crippen molar-refractivity contribution >= 4 is 112 Å². The van der Waals surface area contributed by atoms with Crippen LogP contribution in [0, 0.1) is 0 Å². The molecule has 1 aliphatic carbocycles. The summed E-state index contributed by atoms with van der Waals surface area (Å²) in [5.41, 5.74) is 13.9. The highest BCUT2D eigenvalue weighted by molar-refractivity contribution is 7.26. The van der Waals surface area contributed by atoms with Crippen LogP contribution in [0.15, 0.2) is 194 Å². The minimum Gasteiger partial charge on any atom is -0.308 e. The van der Waals surface area contributed by atoms with Crippen molar-refractivity contribution in [2.75, 3.05) is 0 Å². The summed E-state index contributed by atoms with van der Waals surface area (Å²) >= 11 is 3.70. The third-order valence-corrected chi connectivity index (χ3v) is 17.7. The van der Waals surface area contributed by atoms with Gasteiger partial charge in [-0.2, -0.15) is 0 Å². The van der Waals surface area contributed by atoms with Gasteiger partial charge in [-0.15, -0.1) is 22.7 Å². The normalized spacial score (nSPS) is 13.4. The number of nitrogens with zero attached hydrogens (tertiary/aromatic N) is 4. The molecule has 16 rings (SSSR count). The van der Waals surface area contributed by atoms with Crippen molar-refractivity contribution in [3.05, 3.63) is 205 Å². The number of hydrogen-bond acceptors (Lipinski definition) is 5. The predicted octanol–water partition coefficient (Wildman–Crippen LogP) is 17.9. The Bertz CT molecular complexity index is 4760. The van der Waals surface area contributed by atoms with E-state index in [1.807, 2.05) is 11.3 Å². The van der Waals surface area contributed by atoms with Crippen LogP contribution in [0.1, 0.15) is 25.0 Å². The molecule has 4 nitrogen and oxygen atoms in total. The molecule has 0 atom stereocenters. The van der Waals surface area contributed by atoms with E-state index < -0.39 is 0 Å². The van der Waals surface area contributed by atoms with Crippen molar-refractivity contribution in [2.24, 2.45) is 0 Å². The molecule has 6 heteroatoms. The molecule has 5 heterocycles. The SMILES string of the molecule is CC1(C)c2ccccc2-c2cccc(-c3nc(-c4cccc5c(-c6cc7sc8cccc9c%10ccccc%10n%10c%11ccccc%11c6c%10c7c89)cccc45)nc(-c4cccc5c4sc4ccccc45)n3)c21. The largest absolute Gasteiger partial charge is 0.308 e. The van der Waals surface area contributed by atoms with Crippen molar-refractivity contribution in [3.8, 4) is 56.4 Å². The second-order valence-corrected chi connectivity index (χ2v) is 21.5. The van der Waals surface area contributed by atoms with E-state index in [1.54, 1.807) is 11.3 Å². The van der Waals surface area contributed by atoms with Gasteiger partial charge in [0.2, 0.25) is 0 Å². The van der Waals surface area contributed by atoms with E-state index in [-0.39, 0.29) is 5.41 Å². The molecule has 0 saturated heterocycles. The first-order chi connectivity index (χ1) is 34.5. The van der Waals surface area contributed by atoms with Gasteiger partial charge >= 0.3 is 0 Å². The molecule has 1 aliphatic rings. The average molecular weight is 927 g/mol. The number of hydrogen-bond donors (Lipinski definition) is 0. The fourth-order valence-electron chi connectivity index (χ4n) is 12.5. The van der Waals surface area contributed by atoms with Gasteiger partial charge in [0.05, 0.1) is 16.6 Å². The zero-order chi connectivity index (χ0) is 46.0. The summed E-state index contributed by atoms with van der Waals surface area (Å²) in [6.07, 6.45) is 0. The van der Waals surface area contributed by atoms with Crippen LogP contribution in [0.5, 0.6) is 0 Å². The Hall–Kier alpha value is -8.29. The summed E-state index contributed by atoms with van der Waals surface area (Å²) in [5.74, 6) is 2.01. The fourth-order valence-corrected chi connectivity index (χ4v) is 14.9. The first kappa shape index (κ1) is 38.7. The average Bonchev–Trinajstić information content (AvgIpc) is 4.13. The van der Waals surface area contributed by atoms with E-state index >= 15 is 0 Å². The molecule has 70 heavy (non-hydrogen) atoms. The highest BCUT2D eigenvalue weighted by atomic mass is 32.1. The molecule has 10 aromatic carbocycles. The standard InChI is InChI=1S/C64H38N4S2/c1-64(2)49-29-7-3-16-38(49)42-24-13-27-46(58(42)64)62-65-61(66-63(67-62)47-28-14-25-43-40-18-6-10-32-52(40)70-60(43)47)44-26-12-20-35-36(44)21-11-22-37(35)48-34-54-57-56-41(23-15-33-53(56)69-54)39-17-4-8-30-50(39)68-51-31-9-5-19-45(51)55(48)59(57)68/h3-34H,1-2H3. The molecule has 0 unspecified atom stereocenters. The summed E-state index contributed by atoms with van der Waals surface area (Å²) in [4.78, 5) is 16.6. The zero-order valence-electron chi connectivity index (χ0n) is 38.1. The molecule has 0 amide bonds. The lowest BCUT2D eigenvalue weighted by molar-refractivity contribution is 0.661. The predicted molar refractivity (Wildman–Crippen MR) is 297 cm³/mol. The summed E-state index contributed by atoms with van der Waals surface area (Å²) in [5, 5.41) is 12.5. The Morgan fingerprint density at radius 1 is 0.357 bits per heavy atom. The summed E-state index contributed by atoms with van der Waals surface area (Å²) in [7, 11) is 0. The lowest BCUT2D eigenvalue weighted by Gasteiger charge is -2.24. The van der Waals surface area contributed by atoms with Crippen LogP contribution < -0.4 is 0 Å². The van der Waals surface area contributed by atoms with Gasteiger partial charge in [0.25, 0.3) is 0 Å². The molecule has 0 aliphatic heterocycles. The van der Waals surface area contributed by atoms with Gasteiger partial charge in [0, 0.05) is 78.6 Å². The molecule has 0 radical (unpaired) electrons. The number of para-hydroxylation sites is 2. The minimum atomic E-state index is -0.261. The Morgan fingerprint density at radius 3 is 1.74 bits per heavy atom. The van der Waals surface area contributed by atoms with Gasteiger partial charge in [-0.05, 0) is 85.9 Å². The smallest absolute Gasteiger partial charge is 0.165 e. The van der Waals surface area contributed by atoms with Crippen molar-refractivity contribution in [1.29, 1.82) is 0 Å². The molecule has 0 spiro atoms. The van der Waals surface area contributed by atoms with Gasteiger partial charge in [-0.3, -0.25) is 0 Å². The van der Waals surface area contributed by atoms with Crippen molar-refractivity contribution in [1.82, 2.24) is 19.4 Å². The Kier molecular flexibility index (Phi) is 7.68. The number of thiophene rings is 2. The topological polar surface area (TPSA) is 43.1 Å². The molecule has 326 valence electrons. The van der Waals surface area contributed by atoms with Crippen LogP contribution >= 0.6 is 22.7 Å². The van der Waals surface area contributed by atoms with E-state index in [0.29, 0.717) is 17.5 Å². The molecule has 0 bridgehead atoms. The van der Waals surface area contributed by atoms with Gasteiger partial charge in [-0.1, -0.05) is 172 Å². The fraction of sp³-hybridized carbons (Fsp3) is 0.0469. The van der Waals surface area contributed by atoms with E-state index in [2.05, 4.69) is 212 Å². The second kappa shape index (κ2) is 13.9. The number of rotatable bonds is 4.